The third kappa shape index (κ3) is 2.07. The Morgan fingerprint density at radius 3 is 2.64 bits per heavy atom. The molecule has 2 radical (unpaired) electrons. The van der Waals surface area contributed by atoms with Crippen LogP contribution >= 0.6 is 0 Å². The van der Waals surface area contributed by atoms with Crippen molar-refractivity contribution < 1.29 is 0 Å². The lowest BCUT2D eigenvalue weighted by atomic mass is 9.94. The summed E-state index contributed by atoms with van der Waals surface area (Å²) in [6.07, 6.45) is 2.18. The van der Waals surface area contributed by atoms with E-state index < -0.39 is 8.07 Å². The van der Waals surface area contributed by atoms with Crippen molar-refractivity contribution in [3.05, 3.63) is 53.6 Å². The molecule has 1 aliphatic carbocycles. The highest BCUT2D eigenvalue weighted by molar-refractivity contribution is 6.75. The molecule has 3 heteroatoms. The first kappa shape index (κ1) is 13.9. The van der Waals surface area contributed by atoms with E-state index in [0.717, 1.165) is 18.1 Å². The monoisotopic (exact) mass is 301 g/mol. The van der Waals surface area contributed by atoms with E-state index in [2.05, 4.69) is 60.6 Å². The second-order valence-electron chi connectivity index (χ2n) is 7.58. The average molecular weight is 301 g/mol. The van der Waals surface area contributed by atoms with Gasteiger partial charge in [0.2, 0.25) is 0 Å². The van der Waals surface area contributed by atoms with Crippen molar-refractivity contribution in [3.8, 4) is 11.3 Å². The molecule has 2 aromatic carbocycles. The Labute approximate surface area is 134 Å². The minimum Gasteiger partial charge on any atom is -0.343 e. The SMILES string of the molecule is [B]c1ccc2c(c1)c1c(n2C[Si](C)(C)C)-c2ccccc2C1. The van der Waals surface area contributed by atoms with Gasteiger partial charge in [-0.05, 0) is 17.2 Å². The van der Waals surface area contributed by atoms with Crippen molar-refractivity contribution in [1.82, 2.24) is 4.57 Å². The van der Waals surface area contributed by atoms with Crippen molar-refractivity contribution >= 4 is 32.3 Å². The van der Waals surface area contributed by atoms with E-state index in [1.165, 1.54) is 33.3 Å². The molecule has 1 aromatic heterocycles. The number of rotatable bonds is 2. The number of benzene rings is 2. The van der Waals surface area contributed by atoms with E-state index in [4.69, 9.17) is 7.85 Å². The highest BCUT2D eigenvalue weighted by Crippen LogP contribution is 2.42. The van der Waals surface area contributed by atoms with Gasteiger partial charge in [0.15, 0.2) is 0 Å². The van der Waals surface area contributed by atoms with Gasteiger partial charge in [-0.15, -0.1) is 0 Å². The van der Waals surface area contributed by atoms with Gasteiger partial charge in [-0.1, -0.05) is 61.5 Å². The molecule has 0 aliphatic heterocycles. The van der Waals surface area contributed by atoms with Gasteiger partial charge in [0, 0.05) is 29.1 Å². The lowest BCUT2D eigenvalue weighted by molar-refractivity contribution is 0.906. The Morgan fingerprint density at radius 1 is 1.09 bits per heavy atom. The van der Waals surface area contributed by atoms with Crippen LogP contribution in [0.2, 0.25) is 19.6 Å². The number of hydrogen-bond acceptors (Lipinski definition) is 0. The van der Waals surface area contributed by atoms with Gasteiger partial charge in [0.25, 0.3) is 0 Å². The van der Waals surface area contributed by atoms with Gasteiger partial charge in [-0.3, -0.25) is 0 Å². The first-order valence-electron chi connectivity index (χ1n) is 7.93. The van der Waals surface area contributed by atoms with E-state index in [-0.39, 0.29) is 0 Å². The summed E-state index contributed by atoms with van der Waals surface area (Å²) in [6.45, 7) is 7.30. The van der Waals surface area contributed by atoms with E-state index in [1.54, 1.807) is 0 Å². The molecule has 0 saturated heterocycles. The van der Waals surface area contributed by atoms with Crippen molar-refractivity contribution in [2.75, 3.05) is 0 Å². The molecule has 0 unspecified atom stereocenters. The van der Waals surface area contributed by atoms with Gasteiger partial charge in [0.05, 0.1) is 13.8 Å². The summed E-state index contributed by atoms with van der Waals surface area (Å²) in [4.78, 5) is 0. The minimum atomic E-state index is -1.22. The maximum Gasteiger partial charge on any atom is 0.113 e. The van der Waals surface area contributed by atoms with Gasteiger partial charge in [-0.25, -0.2) is 0 Å². The van der Waals surface area contributed by atoms with Crippen LogP contribution in [0.25, 0.3) is 22.2 Å². The Morgan fingerprint density at radius 2 is 1.86 bits per heavy atom. The molecule has 4 rings (SSSR count). The predicted molar refractivity (Wildman–Crippen MR) is 98.9 cm³/mol. The number of hydrogen-bond donors (Lipinski definition) is 0. The van der Waals surface area contributed by atoms with E-state index >= 15 is 0 Å². The fraction of sp³-hybridized carbons (Fsp3) is 0.263. The predicted octanol–water partition coefficient (Wildman–Crippen LogP) is 3.88. The van der Waals surface area contributed by atoms with E-state index in [9.17, 15) is 0 Å². The maximum atomic E-state index is 6.06. The van der Waals surface area contributed by atoms with Crippen molar-refractivity contribution in [2.24, 2.45) is 0 Å². The third-order valence-electron chi connectivity index (χ3n) is 4.46. The summed E-state index contributed by atoms with van der Waals surface area (Å²) in [7, 11) is 4.83. The standard InChI is InChI=1S/C19H20BNSi/c1-22(2,3)12-21-18-9-8-14(20)11-16(18)17-10-13-6-4-5-7-15(13)19(17)21/h4-9,11H,10,12H2,1-3H3. The number of aromatic nitrogens is 1. The zero-order valence-electron chi connectivity index (χ0n) is 13.5. The molecule has 0 fully saturated rings. The topological polar surface area (TPSA) is 4.93 Å². The molecule has 0 N–H and O–H groups in total. The van der Waals surface area contributed by atoms with Gasteiger partial charge < -0.3 is 4.57 Å². The van der Waals surface area contributed by atoms with Crippen molar-refractivity contribution in [3.63, 3.8) is 0 Å². The average Bonchev–Trinajstić information content (AvgIpc) is 2.94. The third-order valence-corrected chi connectivity index (χ3v) is 5.73. The second kappa shape index (κ2) is 4.63. The van der Waals surface area contributed by atoms with Crippen LogP contribution in [0, 0.1) is 0 Å². The number of nitrogens with zero attached hydrogens (tertiary/aromatic N) is 1. The van der Waals surface area contributed by atoms with E-state index in [1.807, 2.05) is 6.07 Å². The quantitative estimate of drug-likeness (QED) is 0.495. The lowest BCUT2D eigenvalue weighted by Crippen LogP contribution is -2.28. The molecule has 0 spiro atoms. The maximum absolute atomic E-state index is 6.06. The summed E-state index contributed by atoms with van der Waals surface area (Å²) in [5.74, 6) is 0. The molecule has 108 valence electrons. The van der Waals surface area contributed by atoms with Gasteiger partial charge in [-0.2, -0.15) is 0 Å². The summed E-state index contributed by atoms with van der Waals surface area (Å²) in [5.41, 5.74) is 7.94. The fourth-order valence-electron chi connectivity index (χ4n) is 3.66. The van der Waals surface area contributed by atoms with Crippen LogP contribution in [0.4, 0.5) is 0 Å². The van der Waals surface area contributed by atoms with Crippen LogP contribution < -0.4 is 5.46 Å². The summed E-state index contributed by atoms with van der Waals surface area (Å²) >= 11 is 0. The molecule has 0 atom stereocenters. The molecule has 1 nitrogen and oxygen atoms in total. The van der Waals surface area contributed by atoms with Crippen LogP contribution in [-0.2, 0) is 12.6 Å². The van der Waals surface area contributed by atoms with Crippen LogP contribution in [-0.4, -0.2) is 20.5 Å². The van der Waals surface area contributed by atoms with Crippen LogP contribution in [0.15, 0.2) is 42.5 Å². The van der Waals surface area contributed by atoms with Crippen LogP contribution in [0.3, 0.4) is 0 Å². The van der Waals surface area contributed by atoms with Crippen LogP contribution in [0.5, 0.6) is 0 Å². The molecule has 1 heterocycles. The smallest absolute Gasteiger partial charge is 0.113 e. The van der Waals surface area contributed by atoms with Gasteiger partial charge >= 0.3 is 0 Å². The second-order valence-corrected chi connectivity index (χ2v) is 13.0. The van der Waals surface area contributed by atoms with Gasteiger partial charge in [0.1, 0.15) is 7.85 Å². The van der Waals surface area contributed by atoms with E-state index in [0.29, 0.717) is 0 Å². The molecule has 0 bridgehead atoms. The first-order chi connectivity index (χ1) is 10.4. The summed E-state index contributed by atoms with van der Waals surface area (Å²) in [5, 5.41) is 1.34. The Kier molecular flexibility index (Phi) is 2.92. The van der Waals surface area contributed by atoms with Crippen molar-refractivity contribution in [2.45, 2.75) is 32.2 Å². The fourth-order valence-corrected chi connectivity index (χ4v) is 4.94. The summed E-state index contributed by atoms with van der Waals surface area (Å²) in [6, 6.07) is 15.2. The molecular formula is C19H20BNSi. The molecule has 22 heavy (non-hydrogen) atoms. The molecule has 0 saturated carbocycles. The first-order valence-corrected chi connectivity index (χ1v) is 11.6. The largest absolute Gasteiger partial charge is 0.343 e. The normalized spacial score (nSPS) is 13.4. The highest BCUT2D eigenvalue weighted by Gasteiger charge is 2.28. The molecular weight excluding hydrogens is 281 g/mol. The summed E-state index contributed by atoms with van der Waals surface area (Å²) < 4.78 is 2.56. The number of fused-ring (bicyclic) bond motifs is 5. The van der Waals surface area contributed by atoms with Crippen LogP contribution in [0.1, 0.15) is 11.1 Å². The highest BCUT2D eigenvalue weighted by atomic mass is 28.3. The minimum absolute atomic E-state index is 0.858. The molecule has 0 amide bonds. The van der Waals surface area contributed by atoms with Crippen molar-refractivity contribution in [1.29, 1.82) is 0 Å². The Hall–Kier alpha value is -1.74. The zero-order chi connectivity index (χ0) is 15.5. The molecule has 3 aromatic rings. The molecule has 1 aliphatic rings. The zero-order valence-corrected chi connectivity index (χ0v) is 14.5. The lowest BCUT2D eigenvalue weighted by Gasteiger charge is -2.20. The Bertz CT molecular complexity index is 886. The Balaban J connectivity index is 2.06.